The van der Waals surface area contributed by atoms with Crippen LogP contribution >= 0.6 is 23.2 Å². The summed E-state index contributed by atoms with van der Waals surface area (Å²) in [5, 5.41) is 3.79. The Labute approximate surface area is 164 Å². The normalized spacial score (nSPS) is 11.3. The van der Waals surface area contributed by atoms with Crippen molar-refractivity contribution < 1.29 is 13.6 Å². The minimum atomic E-state index is -0.285. The van der Waals surface area contributed by atoms with E-state index < -0.39 is 0 Å². The Kier molecular flexibility index (Phi) is 4.71. The van der Waals surface area contributed by atoms with Crippen LogP contribution in [-0.2, 0) is 4.79 Å². The fraction of sp³-hybridized carbons (Fsp3) is 0. The van der Waals surface area contributed by atoms with Crippen molar-refractivity contribution in [3.63, 3.8) is 0 Å². The van der Waals surface area contributed by atoms with Crippen molar-refractivity contribution >= 4 is 52.0 Å². The molecule has 134 valence electrons. The smallest absolute Gasteiger partial charge is 0.248 e. The molecule has 27 heavy (non-hydrogen) atoms. The fourth-order valence-electron chi connectivity index (χ4n) is 2.51. The largest absolute Gasteiger partial charge is 0.465 e. The van der Waals surface area contributed by atoms with E-state index in [-0.39, 0.29) is 5.91 Å². The van der Waals surface area contributed by atoms with Gasteiger partial charge in [-0.3, -0.25) is 4.79 Å². The lowest BCUT2D eigenvalue weighted by Gasteiger charge is -2.00. The van der Waals surface area contributed by atoms with E-state index in [9.17, 15) is 4.79 Å². The number of aromatic nitrogens is 1. The van der Waals surface area contributed by atoms with Gasteiger partial charge in [-0.2, -0.15) is 0 Å². The molecule has 0 saturated heterocycles. The topological polar surface area (TPSA) is 68.3 Å². The number of hydrogen-bond donors (Lipinski definition) is 1. The van der Waals surface area contributed by atoms with Gasteiger partial charge in [-0.1, -0.05) is 23.2 Å². The van der Waals surface area contributed by atoms with Crippen molar-refractivity contribution in [2.75, 3.05) is 5.32 Å². The number of carbonyl (C=O) groups is 1. The molecule has 2 heterocycles. The van der Waals surface area contributed by atoms with Crippen LogP contribution in [0.5, 0.6) is 0 Å². The van der Waals surface area contributed by atoms with Crippen LogP contribution in [0.15, 0.2) is 69.7 Å². The molecule has 4 rings (SSSR count). The summed E-state index contributed by atoms with van der Waals surface area (Å²) >= 11 is 12.2. The third-order valence-corrected chi connectivity index (χ3v) is 4.32. The molecule has 1 amide bonds. The van der Waals surface area contributed by atoms with Gasteiger partial charge in [-0.15, -0.1) is 0 Å². The zero-order valence-electron chi connectivity index (χ0n) is 13.8. The number of nitrogens with one attached hydrogen (secondary N) is 1. The highest BCUT2D eigenvalue weighted by molar-refractivity contribution is 6.35. The molecule has 0 saturated carbocycles. The molecule has 0 aliphatic rings. The Hall–Kier alpha value is -3.02. The molecule has 0 fully saturated rings. The molecular weight excluding hydrogens is 387 g/mol. The average Bonchev–Trinajstić information content (AvgIpc) is 3.31. The summed E-state index contributed by atoms with van der Waals surface area (Å²) in [7, 11) is 0. The maximum atomic E-state index is 12.0. The van der Waals surface area contributed by atoms with Gasteiger partial charge in [0.1, 0.15) is 11.3 Å². The molecule has 2 aromatic heterocycles. The summed E-state index contributed by atoms with van der Waals surface area (Å²) in [6, 6.07) is 13.8. The first-order valence-electron chi connectivity index (χ1n) is 7.97. The SMILES string of the molecule is O=C(/C=C/c1ccco1)Nc1ccc2oc(-c3cc(Cl)ccc3Cl)nc2c1. The first kappa shape index (κ1) is 17.4. The second-order valence-electron chi connectivity index (χ2n) is 5.66. The predicted octanol–water partition coefficient (Wildman–Crippen LogP) is 6.05. The minimum absolute atomic E-state index is 0.285. The molecule has 2 aromatic carbocycles. The number of furan rings is 1. The number of fused-ring (bicyclic) bond motifs is 1. The zero-order valence-corrected chi connectivity index (χ0v) is 15.3. The first-order chi connectivity index (χ1) is 13.1. The van der Waals surface area contributed by atoms with E-state index in [4.69, 9.17) is 32.0 Å². The summed E-state index contributed by atoms with van der Waals surface area (Å²) in [5.74, 6) is 0.672. The van der Waals surface area contributed by atoms with Crippen LogP contribution in [0.25, 0.3) is 28.6 Å². The lowest BCUT2D eigenvalue weighted by Crippen LogP contribution is -2.07. The van der Waals surface area contributed by atoms with Crippen molar-refractivity contribution in [2.45, 2.75) is 0 Å². The van der Waals surface area contributed by atoms with Gasteiger partial charge in [-0.05, 0) is 54.6 Å². The van der Waals surface area contributed by atoms with Gasteiger partial charge in [0, 0.05) is 16.8 Å². The molecule has 0 aliphatic carbocycles. The highest BCUT2D eigenvalue weighted by Gasteiger charge is 2.13. The second-order valence-corrected chi connectivity index (χ2v) is 6.51. The van der Waals surface area contributed by atoms with Gasteiger partial charge in [-0.25, -0.2) is 4.98 Å². The van der Waals surface area contributed by atoms with Crippen molar-refractivity contribution in [1.29, 1.82) is 0 Å². The average molecular weight is 399 g/mol. The van der Waals surface area contributed by atoms with Gasteiger partial charge in [0.2, 0.25) is 11.8 Å². The maximum absolute atomic E-state index is 12.0. The molecule has 1 N–H and O–H groups in total. The molecule has 4 aromatic rings. The van der Waals surface area contributed by atoms with Crippen LogP contribution in [0.4, 0.5) is 5.69 Å². The standard InChI is InChI=1S/C20H12Cl2N2O3/c21-12-3-6-16(22)15(10-12)20-24-17-11-13(4-7-18(17)27-20)23-19(25)8-5-14-2-1-9-26-14/h1-11H,(H,23,25)/b8-5+. The van der Waals surface area contributed by atoms with Crippen molar-refractivity contribution in [2.24, 2.45) is 0 Å². The summed E-state index contributed by atoms with van der Waals surface area (Å²) in [6.07, 6.45) is 4.52. The van der Waals surface area contributed by atoms with E-state index in [0.717, 1.165) is 0 Å². The first-order valence-corrected chi connectivity index (χ1v) is 8.73. The van der Waals surface area contributed by atoms with Crippen LogP contribution in [0.2, 0.25) is 10.0 Å². The van der Waals surface area contributed by atoms with E-state index in [2.05, 4.69) is 10.3 Å². The molecule has 5 nitrogen and oxygen atoms in total. The molecule has 0 spiro atoms. The van der Waals surface area contributed by atoms with Crippen molar-refractivity contribution in [3.8, 4) is 11.5 Å². The van der Waals surface area contributed by atoms with Crippen LogP contribution in [0.1, 0.15) is 5.76 Å². The third-order valence-electron chi connectivity index (χ3n) is 3.76. The highest BCUT2D eigenvalue weighted by Crippen LogP contribution is 2.32. The molecule has 7 heteroatoms. The summed E-state index contributed by atoms with van der Waals surface area (Å²) in [6.45, 7) is 0. The summed E-state index contributed by atoms with van der Waals surface area (Å²) < 4.78 is 10.9. The molecule has 0 aliphatic heterocycles. The predicted molar refractivity (Wildman–Crippen MR) is 106 cm³/mol. The van der Waals surface area contributed by atoms with Gasteiger partial charge >= 0.3 is 0 Å². The Morgan fingerprint density at radius 1 is 1.11 bits per heavy atom. The number of oxazole rings is 1. The maximum Gasteiger partial charge on any atom is 0.248 e. The molecule has 0 atom stereocenters. The third kappa shape index (κ3) is 3.89. The lowest BCUT2D eigenvalue weighted by atomic mass is 10.2. The molecule has 0 bridgehead atoms. The van der Waals surface area contributed by atoms with Crippen LogP contribution in [0, 0.1) is 0 Å². The fourth-order valence-corrected chi connectivity index (χ4v) is 2.88. The minimum Gasteiger partial charge on any atom is -0.465 e. The number of hydrogen-bond acceptors (Lipinski definition) is 4. The zero-order chi connectivity index (χ0) is 18.8. The van der Waals surface area contributed by atoms with Crippen LogP contribution in [0.3, 0.4) is 0 Å². The van der Waals surface area contributed by atoms with Gasteiger partial charge in [0.15, 0.2) is 5.58 Å². The van der Waals surface area contributed by atoms with Crippen LogP contribution < -0.4 is 5.32 Å². The molecule has 0 unspecified atom stereocenters. The van der Waals surface area contributed by atoms with Gasteiger partial charge in [0.05, 0.1) is 16.8 Å². The number of carbonyl (C=O) groups excluding carboxylic acids is 1. The van der Waals surface area contributed by atoms with Crippen molar-refractivity contribution in [1.82, 2.24) is 4.98 Å². The van der Waals surface area contributed by atoms with Crippen molar-refractivity contribution in [3.05, 3.63) is 76.7 Å². The number of amides is 1. The monoisotopic (exact) mass is 398 g/mol. The number of nitrogens with zero attached hydrogens (tertiary/aromatic N) is 1. The van der Waals surface area contributed by atoms with Crippen LogP contribution in [-0.4, -0.2) is 10.9 Å². The second kappa shape index (κ2) is 7.31. The van der Waals surface area contributed by atoms with E-state index in [0.29, 0.717) is 44.0 Å². The Morgan fingerprint density at radius 2 is 2.00 bits per heavy atom. The number of halogens is 2. The van der Waals surface area contributed by atoms with E-state index in [1.165, 1.54) is 6.08 Å². The Morgan fingerprint density at radius 3 is 2.81 bits per heavy atom. The summed E-state index contributed by atoms with van der Waals surface area (Å²) in [5.41, 5.74) is 2.36. The van der Waals surface area contributed by atoms with Gasteiger partial charge < -0.3 is 14.2 Å². The summed E-state index contributed by atoms with van der Waals surface area (Å²) in [4.78, 5) is 16.5. The Bertz CT molecular complexity index is 1150. The molecular formula is C20H12Cl2N2O3. The van der Waals surface area contributed by atoms with E-state index in [1.54, 1.807) is 60.9 Å². The number of rotatable bonds is 4. The van der Waals surface area contributed by atoms with Gasteiger partial charge in [0.25, 0.3) is 0 Å². The Balaban J connectivity index is 1.57. The van der Waals surface area contributed by atoms with E-state index >= 15 is 0 Å². The van der Waals surface area contributed by atoms with E-state index in [1.807, 2.05) is 0 Å². The quantitative estimate of drug-likeness (QED) is 0.425. The highest BCUT2D eigenvalue weighted by atomic mass is 35.5. The lowest BCUT2D eigenvalue weighted by molar-refractivity contribution is -0.111. The number of anilines is 1. The number of benzene rings is 2. The molecule has 0 radical (unpaired) electrons.